The molecule has 0 aromatic heterocycles. The lowest BCUT2D eigenvalue weighted by Crippen LogP contribution is -2.44. The van der Waals surface area contributed by atoms with Gasteiger partial charge in [0.2, 0.25) is 0 Å². The number of benzene rings is 2. The summed E-state index contributed by atoms with van der Waals surface area (Å²) in [6.45, 7) is 5.18. The number of carbonyl (C=O) groups is 1. The number of rotatable bonds is 5. The fourth-order valence-electron chi connectivity index (χ4n) is 3.12. The van der Waals surface area contributed by atoms with Crippen molar-refractivity contribution in [1.29, 1.82) is 0 Å². The first-order valence-corrected chi connectivity index (χ1v) is 10.7. The predicted molar refractivity (Wildman–Crippen MR) is 112 cm³/mol. The second-order valence-electron chi connectivity index (χ2n) is 7.09. The topological polar surface area (TPSA) is 81.8 Å². The van der Waals surface area contributed by atoms with E-state index >= 15 is 0 Å². The van der Waals surface area contributed by atoms with Crippen molar-refractivity contribution in [3.63, 3.8) is 0 Å². The Morgan fingerprint density at radius 1 is 1.07 bits per heavy atom. The van der Waals surface area contributed by atoms with Crippen LogP contribution in [0.2, 0.25) is 0 Å². The van der Waals surface area contributed by atoms with Crippen molar-refractivity contribution in [2.45, 2.75) is 11.8 Å². The highest BCUT2D eigenvalue weighted by Gasteiger charge is 2.22. The molecule has 3 rings (SSSR count). The standard InChI is InChI=1S/C20H26N4O3S/c1-15-4-7-17(8-5-15)28(26,27)22-16-6-9-19(24-12-10-21-11-13-24)18(14-16)20(25)23(2)3/h4-9,14,21-22H,10-13H2,1-3H3. The predicted octanol–water partition coefficient (Wildman–Crippen LogP) is 1.91. The number of amides is 1. The number of hydrogen-bond acceptors (Lipinski definition) is 5. The summed E-state index contributed by atoms with van der Waals surface area (Å²) in [7, 11) is -0.354. The zero-order chi connectivity index (χ0) is 20.3. The fourth-order valence-corrected chi connectivity index (χ4v) is 4.17. The van der Waals surface area contributed by atoms with E-state index in [0.29, 0.717) is 11.3 Å². The van der Waals surface area contributed by atoms with Crippen molar-refractivity contribution in [2.75, 3.05) is 49.9 Å². The summed E-state index contributed by atoms with van der Waals surface area (Å²) in [6.07, 6.45) is 0. The Morgan fingerprint density at radius 3 is 2.32 bits per heavy atom. The Bertz CT molecular complexity index is 950. The molecule has 1 saturated heterocycles. The average Bonchev–Trinajstić information content (AvgIpc) is 2.68. The molecule has 0 spiro atoms. The molecule has 0 radical (unpaired) electrons. The number of sulfonamides is 1. The number of aryl methyl sites for hydroxylation is 1. The van der Waals surface area contributed by atoms with Crippen LogP contribution in [0.5, 0.6) is 0 Å². The molecule has 0 saturated carbocycles. The fraction of sp³-hybridized carbons (Fsp3) is 0.350. The summed E-state index contributed by atoms with van der Waals surface area (Å²) >= 11 is 0. The van der Waals surface area contributed by atoms with Crippen LogP contribution < -0.4 is 14.9 Å². The van der Waals surface area contributed by atoms with Crippen molar-refractivity contribution < 1.29 is 13.2 Å². The van der Waals surface area contributed by atoms with Crippen LogP contribution in [0, 0.1) is 6.92 Å². The minimum absolute atomic E-state index is 0.162. The van der Waals surface area contributed by atoms with Crippen LogP contribution in [0.4, 0.5) is 11.4 Å². The van der Waals surface area contributed by atoms with E-state index in [-0.39, 0.29) is 10.8 Å². The zero-order valence-electron chi connectivity index (χ0n) is 16.4. The van der Waals surface area contributed by atoms with Crippen LogP contribution in [-0.2, 0) is 10.0 Å². The third-order valence-corrected chi connectivity index (χ3v) is 6.07. The molecule has 8 heteroatoms. The molecule has 0 unspecified atom stereocenters. The van der Waals surface area contributed by atoms with Gasteiger partial charge in [0.25, 0.3) is 15.9 Å². The van der Waals surface area contributed by atoms with Crippen molar-refractivity contribution in [2.24, 2.45) is 0 Å². The van der Waals surface area contributed by atoms with Crippen molar-refractivity contribution in [3.05, 3.63) is 53.6 Å². The molecule has 0 aliphatic carbocycles. The zero-order valence-corrected chi connectivity index (χ0v) is 17.2. The van der Waals surface area contributed by atoms with E-state index in [9.17, 15) is 13.2 Å². The highest BCUT2D eigenvalue weighted by Crippen LogP contribution is 2.27. The molecule has 1 aliphatic rings. The lowest BCUT2D eigenvalue weighted by Gasteiger charge is -2.31. The maximum absolute atomic E-state index is 12.7. The quantitative estimate of drug-likeness (QED) is 0.798. The van der Waals surface area contributed by atoms with Crippen molar-refractivity contribution in [3.8, 4) is 0 Å². The van der Waals surface area contributed by atoms with Crippen LogP contribution in [0.15, 0.2) is 47.4 Å². The van der Waals surface area contributed by atoms with Crippen molar-refractivity contribution >= 4 is 27.3 Å². The monoisotopic (exact) mass is 402 g/mol. The highest BCUT2D eigenvalue weighted by molar-refractivity contribution is 7.92. The molecule has 2 aromatic rings. The smallest absolute Gasteiger partial charge is 0.261 e. The molecule has 1 amide bonds. The molecule has 1 heterocycles. The van der Waals surface area contributed by atoms with E-state index in [0.717, 1.165) is 37.4 Å². The lowest BCUT2D eigenvalue weighted by atomic mass is 10.1. The first kappa shape index (κ1) is 20.2. The molecular formula is C20H26N4O3S. The van der Waals surface area contributed by atoms with Crippen LogP contribution >= 0.6 is 0 Å². The summed E-state index contributed by atoms with van der Waals surface area (Å²) in [5.74, 6) is -0.162. The number of hydrogen-bond donors (Lipinski definition) is 2. The number of carbonyl (C=O) groups excluding carboxylic acids is 1. The number of nitrogens with one attached hydrogen (secondary N) is 2. The lowest BCUT2D eigenvalue weighted by molar-refractivity contribution is 0.0828. The Kier molecular flexibility index (Phi) is 5.90. The van der Waals surface area contributed by atoms with Crippen LogP contribution in [0.3, 0.4) is 0 Å². The number of piperazine rings is 1. The summed E-state index contributed by atoms with van der Waals surface area (Å²) in [5.41, 5.74) is 2.65. The summed E-state index contributed by atoms with van der Waals surface area (Å²) < 4.78 is 28.0. The summed E-state index contributed by atoms with van der Waals surface area (Å²) in [6, 6.07) is 11.8. The van der Waals surface area contributed by atoms with E-state index < -0.39 is 10.0 Å². The van der Waals surface area contributed by atoms with Gasteiger partial charge in [-0.05, 0) is 37.3 Å². The van der Waals surface area contributed by atoms with Gasteiger partial charge in [-0.1, -0.05) is 17.7 Å². The van der Waals surface area contributed by atoms with Crippen LogP contribution in [-0.4, -0.2) is 59.5 Å². The Hall–Kier alpha value is -2.58. The molecule has 2 aromatic carbocycles. The van der Waals surface area contributed by atoms with Gasteiger partial charge >= 0.3 is 0 Å². The highest BCUT2D eigenvalue weighted by atomic mass is 32.2. The first-order valence-electron chi connectivity index (χ1n) is 9.19. The Labute approximate surface area is 166 Å². The molecule has 7 nitrogen and oxygen atoms in total. The Morgan fingerprint density at radius 2 is 1.71 bits per heavy atom. The second-order valence-corrected chi connectivity index (χ2v) is 8.77. The minimum atomic E-state index is -3.73. The third-order valence-electron chi connectivity index (χ3n) is 4.67. The van der Waals surface area contributed by atoms with Gasteiger partial charge in [0.1, 0.15) is 0 Å². The van der Waals surface area contributed by atoms with Gasteiger partial charge in [-0.2, -0.15) is 0 Å². The normalized spacial score (nSPS) is 14.6. The van der Waals surface area contributed by atoms with Gasteiger partial charge in [-0.25, -0.2) is 8.42 Å². The Balaban J connectivity index is 1.94. The van der Waals surface area contributed by atoms with E-state index in [1.165, 1.54) is 4.90 Å². The minimum Gasteiger partial charge on any atom is -0.368 e. The largest absolute Gasteiger partial charge is 0.368 e. The first-order chi connectivity index (χ1) is 13.3. The molecule has 1 fully saturated rings. The van der Waals surface area contributed by atoms with Gasteiger partial charge in [-0.15, -0.1) is 0 Å². The maximum Gasteiger partial charge on any atom is 0.261 e. The molecular weight excluding hydrogens is 376 g/mol. The number of anilines is 2. The third kappa shape index (κ3) is 4.45. The molecule has 2 N–H and O–H groups in total. The molecule has 150 valence electrons. The SMILES string of the molecule is Cc1ccc(S(=O)(=O)Nc2ccc(N3CCNCC3)c(C(=O)N(C)C)c2)cc1. The van der Waals surface area contributed by atoms with E-state index in [4.69, 9.17) is 0 Å². The van der Waals surface area contributed by atoms with Crippen LogP contribution in [0.25, 0.3) is 0 Å². The van der Waals surface area contributed by atoms with Crippen LogP contribution in [0.1, 0.15) is 15.9 Å². The van der Waals surface area contributed by atoms with Gasteiger partial charge in [0.15, 0.2) is 0 Å². The molecule has 28 heavy (non-hydrogen) atoms. The van der Waals surface area contributed by atoms with E-state index in [1.54, 1.807) is 50.5 Å². The van der Waals surface area contributed by atoms with E-state index in [1.807, 2.05) is 13.0 Å². The van der Waals surface area contributed by atoms with E-state index in [2.05, 4.69) is 14.9 Å². The molecule has 0 bridgehead atoms. The molecule has 0 atom stereocenters. The summed E-state index contributed by atoms with van der Waals surface area (Å²) in [5, 5.41) is 3.29. The maximum atomic E-state index is 12.7. The van der Waals surface area contributed by atoms with Gasteiger partial charge in [0, 0.05) is 51.6 Å². The molecule has 1 aliphatic heterocycles. The van der Waals surface area contributed by atoms with Gasteiger partial charge in [0.05, 0.1) is 10.5 Å². The van der Waals surface area contributed by atoms with Gasteiger partial charge < -0.3 is 15.1 Å². The summed E-state index contributed by atoms with van der Waals surface area (Å²) in [4.78, 5) is 16.6. The van der Waals surface area contributed by atoms with Crippen molar-refractivity contribution in [1.82, 2.24) is 10.2 Å². The average molecular weight is 403 g/mol. The number of nitrogens with zero attached hydrogens (tertiary/aromatic N) is 2. The second kappa shape index (κ2) is 8.20. The van der Waals surface area contributed by atoms with Gasteiger partial charge in [-0.3, -0.25) is 9.52 Å².